The maximum Gasteiger partial charge on any atom is 0.416 e. The molecule has 0 aromatic heterocycles. The van der Waals surface area contributed by atoms with E-state index in [2.05, 4.69) is 5.32 Å². The molecule has 0 saturated carbocycles. The molecule has 5 nitrogen and oxygen atoms in total. The van der Waals surface area contributed by atoms with Crippen molar-refractivity contribution in [3.05, 3.63) is 59.7 Å². The highest BCUT2D eigenvalue weighted by molar-refractivity contribution is 5.94. The molecule has 2 rings (SSSR count). The molecule has 0 aliphatic rings. The third kappa shape index (κ3) is 6.32. The second-order valence-corrected chi connectivity index (χ2v) is 5.98. The van der Waals surface area contributed by atoms with E-state index in [0.717, 1.165) is 22.6 Å². The Hall–Kier alpha value is -3.03. The topological polar surface area (TPSA) is 58.6 Å². The Morgan fingerprint density at radius 3 is 2.41 bits per heavy atom. The Balaban J connectivity index is 1.85. The highest BCUT2D eigenvalue weighted by Gasteiger charge is 2.30. The quantitative estimate of drug-likeness (QED) is 0.835. The van der Waals surface area contributed by atoms with Gasteiger partial charge in [-0.05, 0) is 37.3 Å². The minimum absolute atomic E-state index is 0.0734. The molecule has 1 N–H and O–H groups in total. The van der Waals surface area contributed by atoms with Crippen LogP contribution in [0.5, 0.6) is 5.75 Å². The van der Waals surface area contributed by atoms with Crippen molar-refractivity contribution in [1.82, 2.24) is 4.90 Å². The number of aryl methyl sites for hydroxylation is 1. The number of nitrogens with one attached hydrogen (secondary N) is 1. The normalized spacial score (nSPS) is 11.0. The number of halogens is 3. The van der Waals surface area contributed by atoms with Crippen LogP contribution in [0.25, 0.3) is 0 Å². The first kappa shape index (κ1) is 20.3. The maximum atomic E-state index is 12.7. The van der Waals surface area contributed by atoms with Gasteiger partial charge in [-0.25, -0.2) is 0 Å². The molecule has 0 fully saturated rings. The fourth-order valence-corrected chi connectivity index (χ4v) is 2.16. The first-order valence-electron chi connectivity index (χ1n) is 8.05. The Morgan fingerprint density at radius 1 is 1.11 bits per heavy atom. The Morgan fingerprint density at radius 2 is 1.78 bits per heavy atom. The molecule has 8 heteroatoms. The number of anilines is 1. The van der Waals surface area contributed by atoms with E-state index < -0.39 is 30.2 Å². The van der Waals surface area contributed by atoms with E-state index in [1.807, 2.05) is 19.1 Å². The summed E-state index contributed by atoms with van der Waals surface area (Å²) in [5.74, 6) is -1.00. The first-order valence-corrected chi connectivity index (χ1v) is 8.05. The average Bonchev–Trinajstić information content (AvgIpc) is 2.61. The summed E-state index contributed by atoms with van der Waals surface area (Å²) in [5, 5.41) is 2.65. The number of carbonyl (C=O) groups excluding carboxylic acids is 2. The molecule has 0 heterocycles. The van der Waals surface area contributed by atoms with E-state index in [1.54, 1.807) is 12.1 Å². The predicted molar refractivity (Wildman–Crippen MR) is 94.4 cm³/mol. The lowest BCUT2D eigenvalue weighted by Crippen LogP contribution is -2.37. The van der Waals surface area contributed by atoms with E-state index in [4.69, 9.17) is 4.74 Å². The fraction of sp³-hybridized carbons (Fsp3) is 0.263. The SMILES string of the molecule is Cc1ccc(NC(=O)CN(C)C(=O)COc2cccc(C(F)(F)F)c2)cc1. The number of hydrogen-bond acceptors (Lipinski definition) is 3. The molecular weight excluding hydrogens is 361 g/mol. The summed E-state index contributed by atoms with van der Waals surface area (Å²) in [6, 6.07) is 11.4. The van der Waals surface area contributed by atoms with Crippen LogP contribution in [0.15, 0.2) is 48.5 Å². The van der Waals surface area contributed by atoms with Crippen molar-refractivity contribution in [1.29, 1.82) is 0 Å². The Kier molecular flexibility index (Phi) is 6.44. The zero-order chi connectivity index (χ0) is 20.0. The highest BCUT2D eigenvalue weighted by Crippen LogP contribution is 2.31. The highest BCUT2D eigenvalue weighted by atomic mass is 19.4. The van der Waals surface area contributed by atoms with Gasteiger partial charge in [0.05, 0.1) is 12.1 Å². The number of likely N-dealkylation sites (N-methyl/N-ethyl adjacent to an activating group) is 1. The van der Waals surface area contributed by atoms with Gasteiger partial charge in [-0.15, -0.1) is 0 Å². The largest absolute Gasteiger partial charge is 0.484 e. The van der Waals surface area contributed by atoms with E-state index in [0.29, 0.717) is 5.69 Å². The van der Waals surface area contributed by atoms with Crippen LogP contribution in [-0.2, 0) is 15.8 Å². The van der Waals surface area contributed by atoms with Gasteiger partial charge in [0.25, 0.3) is 5.91 Å². The molecule has 27 heavy (non-hydrogen) atoms. The molecule has 0 atom stereocenters. The maximum absolute atomic E-state index is 12.7. The van der Waals surface area contributed by atoms with Gasteiger partial charge in [0.2, 0.25) is 5.91 Å². The van der Waals surface area contributed by atoms with Crippen molar-refractivity contribution in [2.45, 2.75) is 13.1 Å². The molecule has 2 amide bonds. The van der Waals surface area contributed by atoms with E-state index in [9.17, 15) is 22.8 Å². The van der Waals surface area contributed by atoms with Gasteiger partial charge in [0.15, 0.2) is 6.61 Å². The van der Waals surface area contributed by atoms with Crippen molar-refractivity contribution in [2.24, 2.45) is 0 Å². The third-order valence-corrected chi connectivity index (χ3v) is 3.67. The second kappa shape index (κ2) is 8.57. The summed E-state index contributed by atoms with van der Waals surface area (Å²) in [7, 11) is 1.41. The van der Waals surface area contributed by atoms with Crippen molar-refractivity contribution in [3.63, 3.8) is 0 Å². The molecule has 144 valence electrons. The third-order valence-electron chi connectivity index (χ3n) is 3.67. The molecule has 0 unspecified atom stereocenters. The lowest BCUT2D eigenvalue weighted by molar-refractivity contribution is -0.137. The molecule has 0 saturated heterocycles. The van der Waals surface area contributed by atoms with Crippen LogP contribution in [0.4, 0.5) is 18.9 Å². The minimum Gasteiger partial charge on any atom is -0.484 e. The van der Waals surface area contributed by atoms with Gasteiger partial charge >= 0.3 is 6.18 Å². The van der Waals surface area contributed by atoms with E-state index in [-0.39, 0.29) is 12.3 Å². The number of benzene rings is 2. The van der Waals surface area contributed by atoms with Crippen molar-refractivity contribution in [3.8, 4) is 5.75 Å². The molecule has 0 aliphatic heterocycles. The van der Waals surface area contributed by atoms with Crippen LogP contribution in [0, 0.1) is 6.92 Å². The summed E-state index contributed by atoms with van der Waals surface area (Å²) in [5.41, 5.74) is 0.789. The summed E-state index contributed by atoms with van der Waals surface area (Å²) in [6.07, 6.45) is -4.49. The smallest absolute Gasteiger partial charge is 0.416 e. The van der Waals surface area contributed by atoms with Crippen molar-refractivity contribution >= 4 is 17.5 Å². The van der Waals surface area contributed by atoms with Crippen LogP contribution >= 0.6 is 0 Å². The first-order chi connectivity index (χ1) is 12.6. The molecular formula is C19H19F3N2O3. The Bertz CT molecular complexity index is 805. The van der Waals surface area contributed by atoms with Gasteiger partial charge in [-0.1, -0.05) is 23.8 Å². The number of carbonyl (C=O) groups is 2. The van der Waals surface area contributed by atoms with Gasteiger partial charge in [-0.3, -0.25) is 9.59 Å². The monoisotopic (exact) mass is 380 g/mol. The fourth-order valence-electron chi connectivity index (χ4n) is 2.16. The number of alkyl halides is 3. The van der Waals surface area contributed by atoms with E-state index in [1.165, 1.54) is 19.2 Å². The second-order valence-electron chi connectivity index (χ2n) is 5.98. The summed E-state index contributed by atoms with van der Waals surface area (Å²) >= 11 is 0. The zero-order valence-corrected chi connectivity index (χ0v) is 14.8. The van der Waals surface area contributed by atoms with Gasteiger partial charge in [0.1, 0.15) is 5.75 Å². The lowest BCUT2D eigenvalue weighted by atomic mass is 10.2. The van der Waals surface area contributed by atoms with Gasteiger partial charge in [0, 0.05) is 12.7 Å². The lowest BCUT2D eigenvalue weighted by Gasteiger charge is -2.17. The van der Waals surface area contributed by atoms with Crippen LogP contribution in [0.2, 0.25) is 0 Å². The average molecular weight is 380 g/mol. The van der Waals surface area contributed by atoms with Crippen molar-refractivity contribution in [2.75, 3.05) is 25.5 Å². The molecule has 0 spiro atoms. The zero-order valence-electron chi connectivity index (χ0n) is 14.8. The number of nitrogens with zero attached hydrogens (tertiary/aromatic N) is 1. The van der Waals surface area contributed by atoms with Crippen LogP contribution in [0.3, 0.4) is 0 Å². The number of ether oxygens (including phenoxy) is 1. The van der Waals surface area contributed by atoms with Gasteiger partial charge in [-0.2, -0.15) is 13.2 Å². The van der Waals surface area contributed by atoms with E-state index >= 15 is 0 Å². The van der Waals surface area contributed by atoms with Crippen LogP contribution in [0.1, 0.15) is 11.1 Å². The van der Waals surface area contributed by atoms with Crippen molar-refractivity contribution < 1.29 is 27.5 Å². The number of rotatable bonds is 6. The molecule has 0 aliphatic carbocycles. The van der Waals surface area contributed by atoms with Crippen LogP contribution < -0.4 is 10.1 Å². The summed E-state index contributed by atoms with van der Waals surface area (Å²) in [4.78, 5) is 25.1. The van der Waals surface area contributed by atoms with Crippen LogP contribution in [-0.4, -0.2) is 36.9 Å². The molecule has 0 bridgehead atoms. The molecule has 2 aromatic carbocycles. The number of hydrogen-bond donors (Lipinski definition) is 1. The van der Waals surface area contributed by atoms with Gasteiger partial charge < -0.3 is 15.0 Å². The molecule has 0 radical (unpaired) electrons. The minimum atomic E-state index is -4.49. The summed E-state index contributed by atoms with van der Waals surface area (Å²) < 4.78 is 43.1. The standard InChI is InChI=1S/C19H19F3N2O3/c1-13-6-8-15(9-7-13)23-17(25)11-24(2)18(26)12-27-16-5-3-4-14(10-16)19(20,21)22/h3-10H,11-12H2,1-2H3,(H,23,25). The summed E-state index contributed by atoms with van der Waals surface area (Å²) in [6.45, 7) is 1.23. The Labute approximate surface area is 154 Å². The number of amides is 2. The molecule has 2 aromatic rings. The predicted octanol–water partition coefficient (Wildman–Crippen LogP) is 3.49.